The van der Waals surface area contributed by atoms with E-state index in [0.717, 1.165) is 0 Å². The molecule has 0 saturated carbocycles. The molecule has 0 aromatic rings. The van der Waals surface area contributed by atoms with E-state index in [1.165, 1.54) is 0 Å². The lowest BCUT2D eigenvalue weighted by Gasteiger charge is -2.20. The summed E-state index contributed by atoms with van der Waals surface area (Å²) < 4.78 is 4.09. The molecule has 3 nitrogen and oxygen atoms in total. The maximum atomic E-state index is 8.77. The lowest BCUT2D eigenvalue weighted by atomic mass is 11.2. The number of hydrogen-bond donors (Lipinski definition) is 1. The maximum absolute atomic E-state index is 8.77. The Morgan fingerprint density at radius 2 is 1.08 bits per heavy atom. The highest BCUT2D eigenvalue weighted by Gasteiger charge is 2.31. The van der Waals surface area contributed by atoms with E-state index >= 15 is 0 Å². The first-order chi connectivity index (χ1) is 5.10. The Labute approximate surface area is 98.3 Å². The van der Waals surface area contributed by atoms with Gasteiger partial charge in [0.1, 0.15) is 0 Å². The van der Waals surface area contributed by atoms with Crippen LogP contribution in [0.15, 0.2) is 0 Å². The molecule has 12 heavy (non-hydrogen) atoms. The second kappa shape index (κ2) is 4.91. The standard InChI is InChI=1S/C3H2Cl6O3/c4-2(5,6)11-1(10)12-3(7,8)9/h1,10H. The minimum absolute atomic E-state index is 1.94. The third kappa shape index (κ3) is 9.71. The maximum Gasteiger partial charge on any atom is 0.301 e. The van der Waals surface area contributed by atoms with E-state index in [4.69, 9.17) is 74.7 Å². The minimum atomic E-state index is -2.14. The molecule has 74 valence electrons. The van der Waals surface area contributed by atoms with Gasteiger partial charge in [-0.2, -0.15) is 0 Å². The SMILES string of the molecule is OC(OC(Cl)(Cl)Cl)OC(Cl)(Cl)Cl. The van der Waals surface area contributed by atoms with Gasteiger partial charge in [0, 0.05) is 0 Å². The Bertz CT molecular complexity index is 122. The van der Waals surface area contributed by atoms with Gasteiger partial charge in [-0.3, -0.25) is 9.47 Å². The average molecular weight is 299 g/mol. The highest BCUT2D eigenvalue weighted by atomic mass is 35.6. The van der Waals surface area contributed by atoms with Crippen LogP contribution in [0.1, 0.15) is 0 Å². The molecule has 0 fully saturated rings. The Balaban J connectivity index is 3.83. The summed E-state index contributed by atoms with van der Waals surface area (Å²) in [5.74, 6) is 0. The first-order valence-corrected chi connectivity index (χ1v) is 4.54. The Hall–Kier alpha value is 1.62. The molecule has 0 saturated heterocycles. The van der Waals surface area contributed by atoms with Crippen LogP contribution in [-0.4, -0.2) is 19.5 Å². The van der Waals surface area contributed by atoms with Gasteiger partial charge < -0.3 is 5.11 Å². The molecule has 0 rings (SSSR count). The predicted octanol–water partition coefficient (Wildman–Crippen LogP) is 2.95. The van der Waals surface area contributed by atoms with Crippen molar-refractivity contribution in [2.75, 3.05) is 0 Å². The number of aliphatic hydroxyl groups excluding tert-OH is 1. The van der Waals surface area contributed by atoms with E-state index in [2.05, 4.69) is 9.47 Å². The van der Waals surface area contributed by atoms with E-state index < -0.39 is 14.4 Å². The smallest absolute Gasteiger partial charge is 0.301 e. The number of alkyl halides is 6. The van der Waals surface area contributed by atoms with Crippen LogP contribution in [0.3, 0.4) is 0 Å². The second-order valence-corrected chi connectivity index (χ2v) is 5.79. The second-order valence-electron chi connectivity index (χ2n) is 1.43. The molecule has 0 spiro atoms. The number of aliphatic hydroxyl groups is 1. The molecule has 0 aromatic carbocycles. The Morgan fingerprint density at radius 3 is 1.25 bits per heavy atom. The van der Waals surface area contributed by atoms with Crippen molar-refractivity contribution in [2.45, 2.75) is 14.4 Å². The van der Waals surface area contributed by atoms with Crippen molar-refractivity contribution >= 4 is 69.6 Å². The number of hydrogen-bond acceptors (Lipinski definition) is 3. The van der Waals surface area contributed by atoms with Crippen LogP contribution in [0.4, 0.5) is 0 Å². The van der Waals surface area contributed by atoms with Crippen LogP contribution in [0, 0.1) is 0 Å². The van der Waals surface area contributed by atoms with Crippen molar-refractivity contribution in [1.29, 1.82) is 0 Å². The number of rotatable bonds is 2. The molecule has 9 heteroatoms. The van der Waals surface area contributed by atoms with Crippen molar-refractivity contribution in [1.82, 2.24) is 0 Å². The van der Waals surface area contributed by atoms with Crippen molar-refractivity contribution in [3.05, 3.63) is 0 Å². The lowest BCUT2D eigenvalue weighted by Crippen LogP contribution is -2.28. The number of halogens is 6. The molecule has 0 aromatic heterocycles. The van der Waals surface area contributed by atoms with Gasteiger partial charge in [0.05, 0.1) is 0 Å². The van der Waals surface area contributed by atoms with E-state index in [0.29, 0.717) is 0 Å². The molecule has 0 aliphatic heterocycles. The first-order valence-electron chi connectivity index (χ1n) is 2.27. The van der Waals surface area contributed by atoms with Gasteiger partial charge in [0.2, 0.25) is 0 Å². The average Bonchev–Trinajstić information content (AvgIpc) is 1.49. The van der Waals surface area contributed by atoms with Crippen molar-refractivity contribution in [2.24, 2.45) is 0 Å². The highest BCUT2D eigenvalue weighted by molar-refractivity contribution is 6.66. The molecule has 0 amide bonds. The molecule has 0 radical (unpaired) electrons. The summed E-state index contributed by atoms with van der Waals surface area (Å²) in [5.41, 5.74) is 0. The van der Waals surface area contributed by atoms with Crippen LogP contribution in [0.25, 0.3) is 0 Å². The van der Waals surface area contributed by atoms with Gasteiger partial charge in [-0.05, 0) is 0 Å². The molecule has 0 bridgehead atoms. The molecule has 0 unspecified atom stereocenters. The normalized spacial score (nSPS) is 14.0. The zero-order chi connectivity index (χ0) is 9.99. The van der Waals surface area contributed by atoms with E-state index in [-0.39, 0.29) is 0 Å². The fourth-order valence-electron chi connectivity index (χ4n) is 0.253. The fraction of sp³-hybridized carbons (Fsp3) is 1.00. The lowest BCUT2D eigenvalue weighted by molar-refractivity contribution is -0.269. The minimum Gasteiger partial charge on any atom is -0.346 e. The third-order valence-electron chi connectivity index (χ3n) is 0.469. The van der Waals surface area contributed by atoms with Crippen LogP contribution < -0.4 is 0 Å². The third-order valence-corrected chi connectivity index (χ3v) is 1.00. The Kier molecular flexibility index (Phi) is 5.58. The first kappa shape index (κ1) is 13.6. The van der Waals surface area contributed by atoms with Gasteiger partial charge in [0.15, 0.2) is 0 Å². The van der Waals surface area contributed by atoms with Crippen LogP contribution in [0.2, 0.25) is 0 Å². The molecular weight excluding hydrogens is 297 g/mol. The summed E-state index contributed by atoms with van der Waals surface area (Å²) in [6.07, 6.45) is 0. The summed E-state index contributed by atoms with van der Waals surface area (Å²) in [5, 5.41) is 8.77. The van der Waals surface area contributed by atoms with Crippen LogP contribution in [-0.2, 0) is 9.47 Å². The zero-order valence-electron chi connectivity index (χ0n) is 5.11. The molecule has 1 N–H and O–H groups in total. The monoisotopic (exact) mass is 296 g/mol. The van der Waals surface area contributed by atoms with Crippen molar-refractivity contribution in [3.63, 3.8) is 0 Å². The van der Waals surface area contributed by atoms with E-state index in [1.54, 1.807) is 0 Å². The summed E-state index contributed by atoms with van der Waals surface area (Å²) in [6, 6.07) is 0. The topological polar surface area (TPSA) is 38.7 Å². The summed E-state index contributed by atoms with van der Waals surface area (Å²) >= 11 is 30.6. The van der Waals surface area contributed by atoms with E-state index in [1.807, 2.05) is 0 Å². The number of ether oxygens (including phenoxy) is 2. The molecule has 0 atom stereocenters. The highest BCUT2D eigenvalue weighted by Crippen LogP contribution is 2.33. The van der Waals surface area contributed by atoms with Gasteiger partial charge >= 0.3 is 7.96 Å². The summed E-state index contributed by atoms with van der Waals surface area (Å²) in [7, 11) is 0. The van der Waals surface area contributed by atoms with Crippen molar-refractivity contribution in [3.8, 4) is 0 Å². The summed E-state index contributed by atoms with van der Waals surface area (Å²) in [6.45, 7) is -1.94. The molecule has 0 heterocycles. The molecule has 0 aliphatic rings. The van der Waals surface area contributed by atoms with E-state index in [9.17, 15) is 0 Å². The Morgan fingerprint density at radius 1 is 0.833 bits per heavy atom. The van der Waals surface area contributed by atoms with Crippen molar-refractivity contribution < 1.29 is 14.6 Å². The fourth-order valence-corrected chi connectivity index (χ4v) is 0.710. The van der Waals surface area contributed by atoms with Gasteiger partial charge in [-0.1, -0.05) is 69.6 Å². The van der Waals surface area contributed by atoms with Gasteiger partial charge in [-0.25, -0.2) is 0 Å². The van der Waals surface area contributed by atoms with Gasteiger partial charge in [0.25, 0.3) is 6.48 Å². The van der Waals surface area contributed by atoms with Crippen LogP contribution >= 0.6 is 69.6 Å². The largest absolute Gasteiger partial charge is 0.346 e. The van der Waals surface area contributed by atoms with Gasteiger partial charge in [-0.15, -0.1) is 0 Å². The summed E-state index contributed by atoms with van der Waals surface area (Å²) in [4.78, 5) is 0. The molecular formula is C3H2Cl6O3. The predicted molar refractivity (Wildman–Crippen MR) is 48.8 cm³/mol. The van der Waals surface area contributed by atoms with Crippen LogP contribution in [0.5, 0.6) is 0 Å². The molecule has 0 aliphatic carbocycles. The quantitative estimate of drug-likeness (QED) is 0.629. The zero-order valence-corrected chi connectivity index (χ0v) is 9.64.